The molecule has 8 nitrogen and oxygen atoms in total. The van der Waals surface area contributed by atoms with E-state index in [0.29, 0.717) is 23.9 Å². The minimum absolute atomic E-state index is 0.0126. The van der Waals surface area contributed by atoms with Gasteiger partial charge in [0.1, 0.15) is 10.5 Å². The fourth-order valence-electron chi connectivity index (χ4n) is 3.77. The van der Waals surface area contributed by atoms with Crippen LogP contribution in [0.25, 0.3) is 15.8 Å². The van der Waals surface area contributed by atoms with Gasteiger partial charge in [-0.1, -0.05) is 0 Å². The van der Waals surface area contributed by atoms with E-state index in [0.717, 1.165) is 40.9 Å². The number of anilines is 2. The smallest absolute Gasteiger partial charge is 0.273 e. The predicted octanol–water partition coefficient (Wildman–Crippen LogP) is 3.58. The Morgan fingerprint density at radius 1 is 1.17 bits per heavy atom. The number of hydrogen-bond acceptors (Lipinski definition) is 8. The van der Waals surface area contributed by atoms with Crippen molar-refractivity contribution in [3.8, 4) is 5.69 Å². The molecule has 5 rings (SSSR count). The van der Waals surface area contributed by atoms with Crippen LogP contribution in [0.15, 0.2) is 51.4 Å². The van der Waals surface area contributed by atoms with Gasteiger partial charge in [0.15, 0.2) is 0 Å². The lowest BCUT2D eigenvalue weighted by molar-refractivity contribution is 0.394. The molecule has 1 fully saturated rings. The number of nitrogens with zero attached hydrogens (tertiary/aromatic N) is 4. The number of aryl methyl sites for hydroxylation is 1. The summed E-state index contributed by atoms with van der Waals surface area (Å²) in [7, 11) is 0. The summed E-state index contributed by atoms with van der Waals surface area (Å²) in [5.74, 6) is 1.91. The Hall–Kier alpha value is -3.20. The van der Waals surface area contributed by atoms with Crippen LogP contribution in [0.2, 0.25) is 0 Å². The van der Waals surface area contributed by atoms with Gasteiger partial charge in [0.05, 0.1) is 11.9 Å². The zero-order valence-corrected chi connectivity index (χ0v) is 16.6. The summed E-state index contributed by atoms with van der Waals surface area (Å²) < 4.78 is 7.40. The highest BCUT2D eigenvalue weighted by atomic mass is 32.1. The van der Waals surface area contributed by atoms with Crippen LogP contribution in [0.3, 0.4) is 0 Å². The Labute approximate surface area is 170 Å². The molecule has 1 aliphatic carbocycles. The van der Waals surface area contributed by atoms with E-state index in [2.05, 4.69) is 25.8 Å². The predicted molar refractivity (Wildman–Crippen MR) is 113 cm³/mol. The van der Waals surface area contributed by atoms with Gasteiger partial charge in [-0.05, 0) is 59.5 Å². The zero-order valence-electron chi connectivity index (χ0n) is 15.8. The van der Waals surface area contributed by atoms with Crippen molar-refractivity contribution in [3.63, 3.8) is 0 Å². The van der Waals surface area contributed by atoms with Gasteiger partial charge in [0.2, 0.25) is 5.89 Å². The standard InChI is InChI=1S/C20H20N6O2S/c1-12-22-20(25-28-12)24-15-3-2-14(10-15)23-17-5-4-16(11-21-17)26-8-6-13-7-9-29-18(13)19(26)27/h4-9,11,14-15H,2-3,10H2,1H3,(H,21,23)(H,24,25)/t14-,15-/m0/s1. The molecule has 2 atom stereocenters. The number of nitrogens with one attached hydrogen (secondary N) is 2. The lowest BCUT2D eigenvalue weighted by atomic mass is 10.2. The SMILES string of the molecule is Cc1nc(N[C@H]2CC[C@H](Nc3ccc(-n4ccc5ccsc5c4=O)cn3)C2)no1. The van der Waals surface area contributed by atoms with E-state index < -0.39 is 0 Å². The molecule has 0 aliphatic heterocycles. The van der Waals surface area contributed by atoms with E-state index in [1.165, 1.54) is 11.3 Å². The number of thiophene rings is 1. The van der Waals surface area contributed by atoms with Crippen LogP contribution in [0.5, 0.6) is 0 Å². The molecule has 0 saturated heterocycles. The average molecular weight is 408 g/mol. The monoisotopic (exact) mass is 408 g/mol. The van der Waals surface area contributed by atoms with Crippen LogP contribution in [0.4, 0.5) is 11.8 Å². The quantitative estimate of drug-likeness (QED) is 0.521. The third-order valence-electron chi connectivity index (χ3n) is 5.18. The first kappa shape index (κ1) is 17.9. The zero-order chi connectivity index (χ0) is 19.8. The van der Waals surface area contributed by atoms with E-state index in [-0.39, 0.29) is 5.56 Å². The molecule has 1 aliphatic rings. The van der Waals surface area contributed by atoms with Crippen LogP contribution in [-0.2, 0) is 0 Å². The van der Waals surface area contributed by atoms with Crippen LogP contribution < -0.4 is 16.2 Å². The normalized spacial score (nSPS) is 18.9. The van der Waals surface area contributed by atoms with Gasteiger partial charge in [0.25, 0.3) is 11.5 Å². The van der Waals surface area contributed by atoms with E-state index in [9.17, 15) is 4.79 Å². The molecule has 1 saturated carbocycles. The molecule has 4 aromatic rings. The molecule has 0 unspecified atom stereocenters. The lowest BCUT2D eigenvalue weighted by Gasteiger charge is -2.15. The van der Waals surface area contributed by atoms with Crippen LogP contribution in [0.1, 0.15) is 25.2 Å². The van der Waals surface area contributed by atoms with Gasteiger partial charge in [-0.25, -0.2) is 4.98 Å². The molecule has 0 spiro atoms. The van der Waals surface area contributed by atoms with Gasteiger partial charge in [-0.3, -0.25) is 9.36 Å². The molecule has 4 heterocycles. The van der Waals surface area contributed by atoms with Crippen molar-refractivity contribution < 1.29 is 4.52 Å². The van der Waals surface area contributed by atoms with E-state index in [4.69, 9.17) is 4.52 Å². The minimum atomic E-state index is -0.0126. The number of rotatable bonds is 5. The molecule has 4 aromatic heterocycles. The number of fused-ring (bicyclic) bond motifs is 1. The van der Waals surface area contributed by atoms with Crippen molar-refractivity contribution in [1.82, 2.24) is 19.7 Å². The summed E-state index contributed by atoms with van der Waals surface area (Å²) in [4.78, 5) is 21.4. The molecule has 29 heavy (non-hydrogen) atoms. The Kier molecular flexibility index (Phi) is 4.51. The number of hydrogen-bond donors (Lipinski definition) is 2. The van der Waals surface area contributed by atoms with Gasteiger partial charge in [-0.2, -0.15) is 4.98 Å². The molecule has 2 N–H and O–H groups in total. The summed E-state index contributed by atoms with van der Waals surface area (Å²) in [6, 6.07) is 8.38. The van der Waals surface area contributed by atoms with E-state index in [1.54, 1.807) is 23.9 Å². The number of pyridine rings is 2. The average Bonchev–Trinajstić information content (AvgIpc) is 3.45. The van der Waals surface area contributed by atoms with Gasteiger partial charge in [0, 0.05) is 25.2 Å². The van der Waals surface area contributed by atoms with Gasteiger partial charge in [-0.15, -0.1) is 11.3 Å². The second-order valence-corrected chi connectivity index (χ2v) is 8.15. The molecule has 148 valence electrons. The van der Waals surface area contributed by atoms with Crippen LogP contribution in [-0.4, -0.2) is 31.8 Å². The van der Waals surface area contributed by atoms with Crippen molar-refractivity contribution >= 4 is 33.2 Å². The Morgan fingerprint density at radius 2 is 2.03 bits per heavy atom. The summed E-state index contributed by atoms with van der Waals surface area (Å²) >= 11 is 1.46. The van der Waals surface area contributed by atoms with Crippen molar-refractivity contribution in [1.29, 1.82) is 0 Å². The molecule has 0 amide bonds. The highest BCUT2D eigenvalue weighted by Gasteiger charge is 2.25. The highest BCUT2D eigenvalue weighted by Crippen LogP contribution is 2.25. The molecular formula is C20H20N6O2S. The maximum absolute atomic E-state index is 12.6. The lowest BCUT2D eigenvalue weighted by Crippen LogP contribution is -2.21. The second kappa shape index (κ2) is 7.32. The van der Waals surface area contributed by atoms with Crippen LogP contribution >= 0.6 is 11.3 Å². The van der Waals surface area contributed by atoms with Crippen molar-refractivity contribution in [2.24, 2.45) is 0 Å². The highest BCUT2D eigenvalue weighted by molar-refractivity contribution is 7.17. The first-order chi connectivity index (χ1) is 14.2. The first-order valence-corrected chi connectivity index (χ1v) is 10.4. The molecular weight excluding hydrogens is 388 g/mol. The Morgan fingerprint density at radius 3 is 2.79 bits per heavy atom. The summed E-state index contributed by atoms with van der Waals surface area (Å²) in [6.07, 6.45) is 6.54. The maximum Gasteiger partial charge on any atom is 0.273 e. The third-order valence-corrected chi connectivity index (χ3v) is 6.10. The Balaban J connectivity index is 1.25. The molecule has 0 radical (unpaired) electrons. The second-order valence-electron chi connectivity index (χ2n) is 7.23. The molecule has 9 heteroatoms. The maximum atomic E-state index is 12.6. The van der Waals surface area contributed by atoms with Gasteiger partial charge >= 0.3 is 0 Å². The largest absolute Gasteiger partial charge is 0.367 e. The molecule has 0 aromatic carbocycles. The topological polar surface area (TPSA) is 97.9 Å². The summed E-state index contributed by atoms with van der Waals surface area (Å²) in [5.41, 5.74) is 0.746. The van der Waals surface area contributed by atoms with Crippen molar-refractivity contribution in [3.05, 3.63) is 58.3 Å². The fraction of sp³-hybridized carbons (Fsp3) is 0.300. The molecule has 0 bridgehead atoms. The van der Waals surface area contributed by atoms with Gasteiger partial charge < -0.3 is 15.2 Å². The first-order valence-electron chi connectivity index (χ1n) is 9.54. The summed E-state index contributed by atoms with van der Waals surface area (Å²) in [6.45, 7) is 1.78. The van der Waals surface area contributed by atoms with E-state index in [1.807, 2.05) is 29.6 Å². The van der Waals surface area contributed by atoms with Crippen molar-refractivity contribution in [2.75, 3.05) is 10.6 Å². The third kappa shape index (κ3) is 3.61. The van der Waals surface area contributed by atoms with E-state index >= 15 is 0 Å². The summed E-state index contributed by atoms with van der Waals surface area (Å²) in [5, 5.41) is 13.6. The number of aromatic nitrogens is 4. The minimum Gasteiger partial charge on any atom is -0.367 e. The Bertz CT molecular complexity index is 1200. The van der Waals surface area contributed by atoms with Crippen LogP contribution in [0, 0.1) is 6.92 Å². The van der Waals surface area contributed by atoms with Crippen molar-refractivity contribution in [2.45, 2.75) is 38.3 Å². The fourth-order valence-corrected chi connectivity index (χ4v) is 4.59.